The molecule has 1 aromatic rings. The zero-order valence-corrected chi connectivity index (χ0v) is 10.3. The fraction of sp³-hybridized carbons (Fsp3) is 0.300. The van der Waals surface area contributed by atoms with Gasteiger partial charge < -0.3 is 25.3 Å². The number of carbonyl (C=O) groups is 1. The van der Waals surface area contributed by atoms with E-state index in [-0.39, 0.29) is 36.2 Å². The van der Waals surface area contributed by atoms with Gasteiger partial charge >= 0.3 is 7.60 Å². The maximum atomic E-state index is 11.4. The van der Waals surface area contributed by atoms with Crippen LogP contribution in [-0.2, 0) is 9.36 Å². The Morgan fingerprint density at radius 1 is 1.22 bits per heavy atom. The summed E-state index contributed by atoms with van der Waals surface area (Å²) >= 11 is 0. The number of hydrogen-bond donors (Lipinski definition) is 5. The standard InChI is InChI=1S/C10H14NO6P/c12-7-3-1-4-8(13)10(7)11-9(14)5-2-6-18(15,16)17/h1,3-4,12-13H,2,5-6H2,(H,11,14)(H2,15,16,17). The minimum Gasteiger partial charge on any atom is -0.506 e. The number of phenols is 2. The van der Waals surface area contributed by atoms with Gasteiger partial charge in [0.25, 0.3) is 0 Å². The minimum atomic E-state index is -4.10. The molecule has 0 spiro atoms. The summed E-state index contributed by atoms with van der Waals surface area (Å²) in [4.78, 5) is 28.6. The summed E-state index contributed by atoms with van der Waals surface area (Å²) in [5, 5.41) is 21.1. The van der Waals surface area contributed by atoms with Gasteiger partial charge in [-0.2, -0.15) is 0 Å². The van der Waals surface area contributed by atoms with E-state index in [1.54, 1.807) is 0 Å². The number of carbonyl (C=O) groups excluding carboxylic acids is 1. The van der Waals surface area contributed by atoms with Crippen LogP contribution in [0.4, 0.5) is 5.69 Å². The SMILES string of the molecule is O=C(CCCP(=O)(O)O)Nc1c(O)cccc1O. The number of para-hydroxylation sites is 1. The molecule has 0 saturated carbocycles. The molecule has 0 aliphatic heterocycles. The molecule has 8 heteroatoms. The Labute approximate surface area is 103 Å². The van der Waals surface area contributed by atoms with Crippen LogP contribution >= 0.6 is 7.60 Å². The van der Waals surface area contributed by atoms with Gasteiger partial charge in [0.1, 0.15) is 17.2 Å². The minimum absolute atomic E-state index is 0.0183. The Morgan fingerprint density at radius 2 is 1.78 bits per heavy atom. The monoisotopic (exact) mass is 275 g/mol. The molecule has 0 heterocycles. The molecule has 5 N–H and O–H groups in total. The second-order valence-electron chi connectivity index (χ2n) is 3.71. The summed E-state index contributed by atoms with van der Waals surface area (Å²) in [6.45, 7) is 0. The highest BCUT2D eigenvalue weighted by Gasteiger charge is 2.15. The molecule has 0 aromatic heterocycles. The average molecular weight is 275 g/mol. The molecular weight excluding hydrogens is 261 g/mol. The van der Waals surface area contributed by atoms with Crippen molar-refractivity contribution >= 4 is 19.2 Å². The van der Waals surface area contributed by atoms with Crippen molar-refractivity contribution in [3.8, 4) is 11.5 Å². The van der Waals surface area contributed by atoms with Crippen molar-refractivity contribution in [3.63, 3.8) is 0 Å². The van der Waals surface area contributed by atoms with Crippen LogP contribution in [0.25, 0.3) is 0 Å². The Hall–Kier alpha value is -1.56. The van der Waals surface area contributed by atoms with Gasteiger partial charge in [-0.1, -0.05) is 6.07 Å². The van der Waals surface area contributed by atoms with Gasteiger partial charge in [0.05, 0.1) is 6.16 Å². The van der Waals surface area contributed by atoms with Crippen molar-refractivity contribution in [2.24, 2.45) is 0 Å². The lowest BCUT2D eigenvalue weighted by Gasteiger charge is -2.09. The maximum absolute atomic E-state index is 11.4. The number of hydrogen-bond acceptors (Lipinski definition) is 4. The second-order valence-corrected chi connectivity index (χ2v) is 5.49. The lowest BCUT2D eigenvalue weighted by atomic mass is 10.2. The highest BCUT2D eigenvalue weighted by molar-refractivity contribution is 7.51. The van der Waals surface area contributed by atoms with E-state index >= 15 is 0 Å². The zero-order valence-electron chi connectivity index (χ0n) is 9.41. The van der Waals surface area contributed by atoms with Crippen LogP contribution in [-0.4, -0.2) is 32.1 Å². The Kier molecular flexibility index (Phi) is 4.72. The summed E-state index contributed by atoms with van der Waals surface area (Å²) in [5.74, 6) is -1.10. The Morgan fingerprint density at radius 3 is 2.28 bits per heavy atom. The fourth-order valence-corrected chi connectivity index (χ4v) is 1.87. The molecule has 1 amide bonds. The van der Waals surface area contributed by atoms with Crippen LogP contribution in [0.3, 0.4) is 0 Å². The van der Waals surface area contributed by atoms with E-state index < -0.39 is 13.5 Å². The quantitative estimate of drug-likeness (QED) is 0.403. The van der Waals surface area contributed by atoms with Crippen molar-refractivity contribution in [2.45, 2.75) is 12.8 Å². The number of aromatic hydroxyl groups is 2. The molecule has 1 aromatic carbocycles. The van der Waals surface area contributed by atoms with Crippen LogP contribution in [0.5, 0.6) is 11.5 Å². The number of nitrogens with one attached hydrogen (secondary N) is 1. The molecule has 0 bridgehead atoms. The summed E-state index contributed by atoms with van der Waals surface area (Å²) in [7, 11) is -4.10. The third-order valence-corrected chi connectivity index (χ3v) is 3.04. The largest absolute Gasteiger partial charge is 0.506 e. The number of rotatable bonds is 5. The van der Waals surface area contributed by atoms with E-state index in [1.807, 2.05) is 0 Å². The van der Waals surface area contributed by atoms with Gasteiger partial charge in [0.15, 0.2) is 0 Å². The van der Waals surface area contributed by atoms with Gasteiger partial charge in [0.2, 0.25) is 5.91 Å². The van der Waals surface area contributed by atoms with Crippen LogP contribution < -0.4 is 5.32 Å². The van der Waals surface area contributed by atoms with Crippen LogP contribution in [0.2, 0.25) is 0 Å². The highest BCUT2D eigenvalue weighted by Crippen LogP contribution is 2.36. The molecule has 0 radical (unpaired) electrons. The number of phenolic OH excluding ortho intramolecular Hbond substituents is 2. The van der Waals surface area contributed by atoms with Crippen LogP contribution in [0.15, 0.2) is 18.2 Å². The van der Waals surface area contributed by atoms with E-state index in [2.05, 4.69) is 5.32 Å². The van der Waals surface area contributed by atoms with Crippen LogP contribution in [0.1, 0.15) is 12.8 Å². The molecule has 0 aliphatic rings. The predicted octanol–water partition coefficient (Wildman–Crippen LogP) is 0.994. The van der Waals surface area contributed by atoms with Crippen molar-refractivity contribution in [1.29, 1.82) is 0 Å². The summed E-state index contributed by atoms with van der Waals surface area (Å²) in [5.41, 5.74) is -0.112. The summed E-state index contributed by atoms with van der Waals surface area (Å²) < 4.78 is 10.6. The molecule has 0 unspecified atom stereocenters. The second kappa shape index (κ2) is 5.86. The lowest BCUT2D eigenvalue weighted by Crippen LogP contribution is -2.12. The third kappa shape index (κ3) is 4.75. The van der Waals surface area contributed by atoms with Crippen molar-refractivity contribution in [2.75, 3.05) is 11.5 Å². The van der Waals surface area contributed by atoms with Gasteiger partial charge in [-0.15, -0.1) is 0 Å². The molecule has 1 rings (SSSR count). The Balaban J connectivity index is 2.53. The Bertz CT molecular complexity index is 463. The third-order valence-electron chi connectivity index (χ3n) is 2.14. The number of amides is 1. The first-order chi connectivity index (χ1) is 8.29. The van der Waals surface area contributed by atoms with Crippen molar-refractivity contribution in [1.82, 2.24) is 0 Å². The van der Waals surface area contributed by atoms with E-state index in [4.69, 9.17) is 9.79 Å². The van der Waals surface area contributed by atoms with Gasteiger partial charge in [-0.3, -0.25) is 9.36 Å². The molecule has 7 nitrogen and oxygen atoms in total. The van der Waals surface area contributed by atoms with Crippen molar-refractivity contribution < 1.29 is 29.4 Å². The highest BCUT2D eigenvalue weighted by atomic mass is 31.2. The molecule has 18 heavy (non-hydrogen) atoms. The zero-order chi connectivity index (χ0) is 13.8. The molecule has 0 saturated heterocycles. The van der Waals surface area contributed by atoms with E-state index in [9.17, 15) is 19.6 Å². The van der Waals surface area contributed by atoms with E-state index in [0.717, 1.165) is 0 Å². The van der Waals surface area contributed by atoms with Crippen molar-refractivity contribution in [3.05, 3.63) is 18.2 Å². The smallest absolute Gasteiger partial charge is 0.325 e. The van der Waals surface area contributed by atoms with Gasteiger partial charge in [0, 0.05) is 6.42 Å². The summed E-state index contributed by atoms with van der Waals surface area (Å²) in [6, 6.07) is 4.00. The van der Waals surface area contributed by atoms with E-state index in [0.29, 0.717) is 0 Å². The first-order valence-corrected chi connectivity index (χ1v) is 6.95. The number of benzene rings is 1. The lowest BCUT2D eigenvalue weighted by molar-refractivity contribution is -0.116. The van der Waals surface area contributed by atoms with Gasteiger partial charge in [-0.05, 0) is 18.6 Å². The van der Waals surface area contributed by atoms with Crippen LogP contribution in [0, 0.1) is 0 Å². The summed E-state index contributed by atoms with van der Waals surface area (Å²) in [6.07, 6.45) is -0.476. The normalized spacial score (nSPS) is 11.2. The first-order valence-electron chi connectivity index (χ1n) is 5.15. The maximum Gasteiger partial charge on any atom is 0.325 e. The molecular formula is C10H14NO6P. The molecule has 0 atom stereocenters. The topological polar surface area (TPSA) is 127 Å². The molecule has 0 aliphatic carbocycles. The van der Waals surface area contributed by atoms with Gasteiger partial charge in [-0.25, -0.2) is 0 Å². The first kappa shape index (κ1) is 14.5. The predicted molar refractivity (Wildman–Crippen MR) is 64.5 cm³/mol. The van der Waals surface area contributed by atoms with E-state index in [1.165, 1.54) is 18.2 Å². The fourth-order valence-electron chi connectivity index (χ4n) is 1.30. The number of anilines is 1. The average Bonchev–Trinajstić information content (AvgIpc) is 2.22. The molecule has 100 valence electrons. The molecule has 0 fully saturated rings.